The third-order valence-electron chi connectivity index (χ3n) is 2.40. The second kappa shape index (κ2) is 4.01. The van der Waals surface area contributed by atoms with Crippen molar-refractivity contribution < 1.29 is 0 Å². The van der Waals surface area contributed by atoms with Crippen LogP contribution in [0.15, 0.2) is 17.8 Å². The van der Waals surface area contributed by atoms with Crippen LogP contribution in [0, 0.1) is 11.3 Å². The third-order valence-corrected chi connectivity index (χ3v) is 3.17. The molecule has 1 unspecified atom stereocenters. The Morgan fingerprint density at radius 3 is 3.20 bits per heavy atom. The monoisotopic (exact) mass is 220 g/mol. The zero-order valence-corrected chi connectivity index (χ0v) is 9.53. The first-order chi connectivity index (χ1) is 7.20. The number of hydrogen-bond acceptors (Lipinski definition) is 4. The first-order valence-electron chi connectivity index (χ1n) is 4.71. The summed E-state index contributed by atoms with van der Waals surface area (Å²) in [5.74, 6) is 0. The van der Waals surface area contributed by atoms with Crippen molar-refractivity contribution in [3.63, 3.8) is 0 Å². The van der Waals surface area contributed by atoms with Gasteiger partial charge in [-0.15, -0.1) is 11.3 Å². The SMILES string of the molecule is CC(C#N)N(C)Cc1cn2ccsc2n1. The van der Waals surface area contributed by atoms with Crippen molar-refractivity contribution in [1.29, 1.82) is 5.26 Å². The van der Waals surface area contributed by atoms with Crippen LogP contribution >= 0.6 is 11.3 Å². The minimum Gasteiger partial charge on any atom is -0.297 e. The van der Waals surface area contributed by atoms with Crippen LogP contribution in [0.4, 0.5) is 0 Å². The highest BCUT2D eigenvalue weighted by molar-refractivity contribution is 7.15. The van der Waals surface area contributed by atoms with E-state index in [0.717, 1.165) is 10.7 Å². The maximum Gasteiger partial charge on any atom is 0.193 e. The summed E-state index contributed by atoms with van der Waals surface area (Å²) in [5, 5.41) is 10.8. The summed E-state index contributed by atoms with van der Waals surface area (Å²) in [6, 6.07) is 2.13. The Morgan fingerprint density at radius 1 is 1.73 bits per heavy atom. The van der Waals surface area contributed by atoms with Crippen molar-refractivity contribution in [2.75, 3.05) is 7.05 Å². The molecule has 0 aromatic carbocycles. The fourth-order valence-corrected chi connectivity index (χ4v) is 2.06. The van der Waals surface area contributed by atoms with Gasteiger partial charge in [0.25, 0.3) is 0 Å². The van der Waals surface area contributed by atoms with Gasteiger partial charge >= 0.3 is 0 Å². The van der Waals surface area contributed by atoms with Crippen LogP contribution < -0.4 is 0 Å². The van der Waals surface area contributed by atoms with Gasteiger partial charge in [-0.3, -0.25) is 9.30 Å². The van der Waals surface area contributed by atoms with E-state index in [4.69, 9.17) is 5.26 Å². The number of nitrogens with zero attached hydrogens (tertiary/aromatic N) is 4. The van der Waals surface area contributed by atoms with E-state index in [0.29, 0.717) is 6.54 Å². The van der Waals surface area contributed by atoms with Crippen LogP contribution in [0.2, 0.25) is 0 Å². The summed E-state index contributed by atoms with van der Waals surface area (Å²) < 4.78 is 2.00. The predicted molar refractivity (Wildman–Crippen MR) is 59.6 cm³/mol. The molecule has 0 fully saturated rings. The molecular formula is C10H12N4S. The molecule has 0 amide bonds. The molecule has 0 spiro atoms. The molecule has 0 N–H and O–H groups in total. The van der Waals surface area contributed by atoms with E-state index in [-0.39, 0.29) is 6.04 Å². The maximum absolute atomic E-state index is 8.77. The molecule has 2 aromatic heterocycles. The normalized spacial score (nSPS) is 13.2. The van der Waals surface area contributed by atoms with E-state index in [1.165, 1.54) is 0 Å². The molecule has 0 saturated carbocycles. The summed E-state index contributed by atoms with van der Waals surface area (Å²) in [5.41, 5.74) is 1.01. The van der Waals surface area contributed by atoms with Crippen LogP contribution in [-0.4, -0.2) is 27.4 Å². The summed E-state index contributed by atoms with van der Waals surface area (Å²) >= 11 is 1.62. The molecule has 4 nitrogen and oxygen atoms in total. The third kappa shape index (κ3) is 2.01. The number of fused-ring (bicyclic) bond motifs is 1. The first kappa shape index (κ1) is 10.1. The highest BCUT2D eigenvalue weighted by Gasteiger charge is 2.10. The average Bonchev–Trinajstić information content (AvgIpc) is 2.76. The molecule has 0 saturated heterocycles. The number of imidazole rings is 1. The first-order valence-corrected chi connectivity index (χ1v) is 5.59. The van der Waals surface area contributed by atoms with Crippen molar-refractivity contribution in [1.82, 2.24) is 14.3 Å². The van der Waals surface area contributed by atoms with Gasteiger partial charge in [0.15, 0.2) is 4.96 Å². The van der Waals surface area contributed by atoms with Crippen LogP contribution in [0.5, 0.6) is 0 Å². The van der Waals surface area contributed by atoms with Crippen molar-refractivity contribution in [2.24, 2.45) is 0 Å². The molecule has 0 aliphatic heterocycles. The topological polar surface area (TPSA) is 44.3 Å². The Balaban J connectivity index is 2.13. The van der Waals surface area contributed by atoms with Gasteiger partial charge < -0.3 is 0 Å². The molecule has 2 heterocycles. The fraction of sp³-hybridized carbons (Fsp3) is 0.400. The van der Waals surface area contributed by atoms with E-state index < -0.39 is 0 Å². The Bertz CT molecular complexity index is 464. The van der Waals surface area contributed by atoms with E-state index in [2.05, 4.69) is 11.1 Å². The Morgan fingerprint density at radius 2 is 2.53 bits per heavy atom. The smallest absolute Gasteiger partial charge is 0.193 e. The number of aromatic nitrogens is 2. The number of nitriles is 1. The molecule has 0 aliphatic carbocycles. The van der Waals surface area contributed by atoms with Gasteiger partial charge in [-0.25, -0.2) is 4.98 Å². The molecule has 15 heavy (non-hydrogen) atoms. The summed E-state index contributed by atoms with van der Waals surface area (Å²) in [6.07, 6.45) is 4.00. The average molecular weight is 220 g/mol. The summed E-state index contributed by atoms with van der Waals surface area (Å²) in [6.45, 7) is 2.60. The molecule has 78 valence electrons. The Labute approximate surface area is 92.4 Å². The van der Waals surface area contributed by atoms with Crippen molar-refractivity contribution in [3.8, 4) is 6.07 Å². The van der Waals surface area contributed by atoms with Crippen molar-refractivity contribution >= 4 is 16.3 Å². The van der Waals surface area contributed by atoms with E-state index >= 15 is 0 Å². The zero-order valence-electron chi connectivity index (χ0n) is 8.71. The number of hydrogen-bond donors (Lipinski definition) is 0. The van der Waals surface area contributed by atoms with Gasteiger partial charge in [0.05, 0.1) is 17.8 Å². The number of rotatable bonds is 3. The molecule has 0 bridgehead atoms. The van der Waals surface area contributed by atoms with Crippen LogP contribution in [-0.2, 0) is 6.54 Å². The number of thiazole rings is 1. The predicted octanol–water partition coefficient (Wildman–Crippen LogP) is 1.74. The Kier molecular flexibility index (Phi) is 2.71. The highest BCUT2D eigenvalue weighted by atomic mass is 32.1. The van der Waals surface area contributed by atoms with Gasteiger partial charge in [-0.05, 0) is 14.0 Å². The summed E-state index contributed by atoms with van der Waals surface area (Å²) in [7, 11) is 1.93. The van der Waals surface area contributed by atoms with Gasteiger partial charge in [-0.1, -0.05) is 0 Å². The quantitative estimate of drug-likeness (QED) is 0.791. The lowest BCUT2D eigenvalue weighted by Crippen LogP contribution is -2.27. The molecular weight excluding hydrogens is 208 g/mol. The molecule has 5 heteroatoms. The van der Waals surface area contributed by atoms with E-state index in [9.17, 15) is 0 Å². The second-order valence-electron chi connectivity index (χ2n) is 3.55. The minimum absolute atomic E-state index is 0.0789. The molecule has 1 atom stereocenters. The Hall–Kier alpha value is -1.38. The second-order valence-corrected chi connectivity index (χ2v) is 4.42. The standard InChI is InChI=1S/C10H12N4S/c1-8(5-11)13(2)6-9-7-14-3-4-15-10(14)12-9/h3-4,7-8H,6H2,1-2H3. The van der Waals surface area contributed by atoms with Gasteiger partial charge in [-0.2, -0.15) is 5.26 Å². The fourth-order valence-electron chi connectivity index (χ4n) is 1.34. The molecule has 2 rings (SSSR count). The summed E-state index contributed by atoms with van der Waals surface area (Å²) in [4.78, 5) is 7.44. The highest BCUT2D eigenvalue weighted by Crippen LogP contribution is 2.12. The van der Waals surface area contributed by atoms with E-state index in [1.54, 1.807) is 11.3 Å². The lowest BCUT2D eigenvalue weighted by Gasteiger charge is -2.16. The van der Waals surface area contributed by atoms with Gasteiger partial charge in [0.2, 0.25) is 0 Å². The lowest BCUT2D eigenvalue weighted by molar-refractivity contribution is 0.291. The van der Waals surface area contributed by atoms with Crippen LogP contribution in [0.25, 0.3) is 4.96 Å². The lowest BCUT2D eigenvalue weighted by atomic mass is 10.3. The van der Waals surface area contributed by atoms with Crippen molar-refractivity contribution in [3.05, 3.63) is 23.5 Å². The van der Waals surface area contributed by atoms with Gasteiger partial charge in [0, 0.05) is 24.3 Å². The minimum atomic E-state index is -0.0789. The van der Waals surface area contributed by atoms with Crippen molar-refractivity contribution in [2.45, 2.75) is 19.5 Å². The largest absolute Gasteiger partial charge is 0.297 e. The molecule has 0 radical (unpaired) electrons. The van der Waals surface area contributed by atoms with Crippen LogP contribution in [0.3, 0.4) is 0 Å². The zero-order chi connectivity index (χ0) is 10.8. The van der Waals surface area contributed by atoms with E-state index in [1.807, 2.05) is 41.0 Å². The van der Waals surface area contributed by atoms with Gasteiger partial charge in [0.1, 0.15) is 0 Å². The maximum atomic E-state index is 8.77. The molecule has 0 aliphatic rings. The van der Waals surface area contributed by atoms with Crippen LogP contribution in [0.1, 0.15) is 12.6 Å². The molecule has 2 aromatic rings.